The van der Waals surface area contributed by atoms with Crippen LogP contribution < -0.4 is 5.32 Å². The van der Waals surface area contributed by atoms with E-state index in [2.05, 4.69) is 46.4 Å². The summed E-state index contributed by atoms with van der Waals surface area (Å²) in [4.78, 5) is 34.2. The van der Waals surface area contributed by atoms with Crippen LogP contribution in [0, 0.1) is 6.92 Å². The van der Waals surface area contributed by atoms with Crippen LogP contribution in [0.5, 0.6) is 0 Å². The SMILES string of the molecule is Cc1cccc(C(=O)N2CCCN(C(=O)NCc3ccc(CN4CCN(C)CC4)cc3)CC2)c1. The van der Waals surface area contributed by atoms with Gasteiger partial charge in [-0.25, -0.2) is 4.79 Å². The third-order valence-electron chi connectivity index (χ3n) is 6.80. The Balaban J connectivity index is 1.23. The Morgan fingerprint density at radius 3 is 2.24 bits per heavy atom. The highest BCUT2D eigenvalue weighted by molar-refractivity contribution is 5.94. The number of aryl methyl sites for hydroxylation is 1. The number of hydrogen-bond donors (Lipinski definition) is 1. The van der Waals surface area contributed by atoms with Gasteiger partial charge < -0.3 is 20.0 Å². The van der Waals surface area contributed by atoms with Crippen molar-refractivity contribution in [2.75, 3.05) is 59.4 Å². The van der Waals surface area contributed by atoms with Crippen LogP contribution in [-0.2, 0) is 13.1 Å². The van der Waals surface area contributed by atoms with Crippen molar-refractivity contribution in [3.05, 3.63) is 70.8 Å². The van der Waals surface area contributed by atoms with E-state index in [0.717, 1.165) is 50.3 Å². The van der Waals surface area contributed by atoms with E-state index in [1.807, 2.05) is 41.0 Å². The van der Waals surface area contributed by atoms with Gasteiger partial charge in [-0.2, -0.15) is 0 Å². The molecule has 0 radical (unpaired) electrons. The number of hydrogen-bond acceptors (Lipinski definition) is 4. The lowest BCUT2D eigenvalue weighted by Crippen LogP contribution is -2.43. The maximum absolute atomic E-state index is 12.9. The minimum atomic E-state index is -0.0635. The van der Waals surface area contributed by atoms with E-state index in [1.54, 1.807) is 0 Å². The van der Waals surface area contributed by atoms with Gasteiger partial charge in [0.1, 0.15) is 0 Å². The van der Waals surface area contributed by atoms with E-state index in [-0.39, 0.29) is 11.9 Å². The Morgan fingerprint density at radius 2 is 1.50 bits per heavy atom. The predicted molar refractivity (Wildman–Crippen MR) is 135 cm³/mol. The minimum Gasteiger partial charge on any atom is -0.337 e. The van der Waals surface area contributed by atoms with Crippen LogP contribution in [0.15, 0.2) is 48.5 Å². The zero-order valence-electron chi connectivity index (χ0n) is 20.5. The summed E-state index contributed by atoms with van der Waals surface area (Å²) in [5, 5.41) is 3.05. The molecule has 0 spiro atoms. The van der Waals surface area contributed by atoms with Crippen LogP contribution in [-0.4, -0.2) is 90.9 Å². The van der Waals surface area contributed by atoms with Crippen LogP contribution in [0.25, 0.3) is 0 Å². The van der Waals surface area contributed by atoms with Gasteiger partial charge >= 0.3 is 6.03 Å². The predicted octanol–water partition coefficient (Wildman–Crippen LogP) is 2.80. The van der Waals surface area contributed by atoms with E-state index in [9.17, 15) is 9.59 Å². The van der Waals surface area contributed by atoms with Crippen LogP contribution in [0.2, 0.25) is 0 Å². The quantitative estimate of drug-likeness (QED) is 0.741. The number of likely N-dealkylation sites (N-methyl/N-ethyl adjacent to an activating group) is 1. The number of amides is 3. The number of nitrogens with zero attached hydrogens (tertiary/aromatic N) is 4. The van der Waals surface area contributed by atoms with Gasteiger partial charge in [0, 0.05) is 71.0 Å². The standard InChI is InChI=1S/C27H37N5O2/c1-22-5-3-6-25(19-22)26(33)31-11-4-12-32(18-17-31)27(34)28-20-23-7-9-24(10-8-23)21-30-15-13-29(2)14-16-30/h3,5-10,19H,4,11-18,20-21H2,1-2H3,(H,28,34). The molecular weight excluding hydrogens is 426 g/mol. The summed E-state index contributed by atoms with van der Waals surface area (Å²) < 4.78 is 0. The molecule has 34 heavy (non-hydrogen) atoms. The molecule has 2 aromatic rings. The zero-order valence-corrected chi connectivity index (χ0v) is 20.5. The molecule has 0 atom stereocenters. The number of carbonyl (C=O) groups excluding carboxylic acids is 2. The molecule has 7 heteroatoms. The zero-order chi connectivity index (χ0) is 23.9. The van der Waals surface area contributed by atoms with Crippen molar-refractivity contribution in [2.24, 2.45) is 0 Å². The van der Waals surface area contributed by atoms with Gasteiger partial charge in [-0.05, 0) is 43.7 Å². The number of urea groups is 1. The fraction of sp³-hybridized carbons (Fsp3) is 0.481. The van der Waals surface area contributed by atoms with Crippen molar-refractivity contribution < 1.29 is 9.59 Å². The summed E-state index contributed by atoms with van der Waals surface area (Å²) in [6.45, 7) is 10.4. The second kappa shape index (κ2) is 11.5. The molecule has 2 aliphatic rings. The molecule has 0 unspecified atom stereocenters. The van der Waals surface area contributed by atoms with E-state index < -0.39 is 0 Å². The first kappa shape index (κ1) is 24.2. The van der Waals surface area contributed by atoms with Gasteiger partial charge in [-0.1, -0.05) is 42.0 Å². The summed E-state index contributed by atoms with van der Waals surface area (Å²) in [7, 11) is 2.17. The fourth-order valence-corrected chi connectivity index (χ4v) is 4.60. The smallest absolute Gasteiger partial charge is 0.317 e. The highest BCUT2D eigenvalue weighted by Crippen LogP contribution is 2.12. The lowest BCUT2D eigenvalue weighted by atomic mass is 10.1. The first-order chi connectivity index (χ1) is 16.5. The number of benzene rings is 2. The topological polar surface area (TPSA) is 59.1 Å². The Kier molecular flexibility index (Phi) is 8.19. The van der Waals surface area contributed by atoms with E-state index in [0.29, 0.717) is 38.3 Å². The molecular formula is C27H37N5O2. The van der Waals surface area contributed by atoms with E-state index >= 15 is 0 Å². The van der Waals surface area contributed by atoms with Crippen LogP contribution in [0.1, 0.15) is 33.5 Å². The molecule has 0 bridgehead atoms. The van der Waals surface area contributed by atoms with Crippen LogP contribution in [0.3, 0.4) is 0 Å². The molecule has 0 aliphatic carbocycles. The highest BCUT2D eigenvalue weighted by Gasteiger charge is 2.23. The van der Waals surface area contributed by atoms with Gasteiger partial charge in [0.25, 0.3) is 5.91 Å². The molecule has 3 amide bonds. The minimum absolute atomic E-state index is 0.0441. The molecule has 2 fully saturated rings. The Morgan fingerprint density at radius 1 is 0.824 bits per heavy atom. The monoisotopic (exact) mass is 463 g/mol. The summed E-state index contributed by atoms with van der Waals surface area (Å²) in [5.74, 6) is 0.0441. The normalized spacial score (nSPS) is 17.9. The largest absolute Gasteiger partial charge is 0.337 e. The van der Waals surface area contributed by atoms with Crippen molar-refractivity contribution >= 4 is 11.9 Å². The third kappa shape index (κ3) is 6.58. The van der Waals surface area contributed by atoms with Crippen LogP contribution in [0.4, 0.5) is 4.79 Å². The molecule has 2 aliphatic heterocycles. The molecule has 1 N–H and O–H groups in total. The second-order valence-corrected chi connectivity index (χ2v) is 9.56. The number of rotatable bonds is 5. The molecule has 4 rings (SSSR count). The van der Waals surface area contributed by atoms with Gasteiger partial charge in [0.2, 0.25) is 0 Å². The van der Waals surface area contributed by atoms with Crippen molar-refractivity contribution in [2.45, 2.75) is 26.4 Å². The first-order valence-electron chi connectivity index (χ1n) is 12.4. The number of piperazine rings is 1. The van der Waals surface area contributed by atoms with Gasteiger partial charge in [0.15, 0.2) is 0 Å². The Labute approximate surface area is 203 Å². The summed E-state index contributed by atoms with van der Waals surface area (Å²) in [6, 6.07) is 16.2. The maximum Gasteiger partial charge on any atom is 0.317 e. The fourth-order valence-electron chi connectivity index (χ4n) is 4.60. The molecule has 0 saturated carbocycles. The molecule has 2 aromatic carbocycles. The van der Waals surface area contributed by atoms with E-state index in [1.165, 1.54) is 5.56 Å². The lowest BCUT2D eigenvalue weighted by Gasteiger charge is -2.32. The molecule has 7 nitrogen and oxygen atoms in total. The second-order valence-electron chi connectivity index (χ2n) is 9.56. The molecule has 0 aromatic heterocycles. The Hall–Kier alpha value is -2.90. The van der Waals surface area contributed by atoms with Crippen molar-refractivity contribution in [3.8, 4) is 0 Å². The first-order valence-corrected chi connectivity index (χ1v) is 12.4. The number of carbonyl (C=O) groups is 2. The molecule has 2 saturated heterocycles. The van der Waals surface area contributed by atoms with Gasteiger partial charge in [0.05, 0.1) is 0 Å². The highest BCUT2D eigenvalue weighted by atomic mass is 16.2. The van der Waals surface area contributed by atoms with Gasteiger partial charge in [-0.3, -0.25) is 9.69 Å². The maximum atomic E-state index is 12.9. The van der Waals surface area contributed by atoms with Crippen LogP contribution >= 0.6 is 0 Å². The lowest BCUT2D eigenvalue weighted by molar-refractivity contribution is 0.0762. The third-order valence-corrected chi connectivity index (χ3v) is 6.80. The van der Waals surface area contributed by atoms with Crippen molar-refractivity contribution in [1.29, 1.82) is 0 Å². The van der Waals surface area contributed by atoms with Gasteiger partial charge in [-0.15, -0.1) is 0 Å². The summed E-state index contributed by atoms with van der Waals surface area (Å²) in [5.41, 5.74) is 4.20. The molecule has 2 heterocycles. The summed E-state index contributed by atoms with van der Waals surface area (Å²) in [6.07, 6.45) is 0.784. The summed E-state index contributed by atoms with van der Waals surface area (Å²) >= 11 is 0. The number of nitrogens with one attached hydrogen (secondary N) is 1. The average Bonchev–Trinajstić information content (AvgIpc) is 3.11. The van der Waals surface area contributed by atoms with E-state index in [4.69, 9.17) is 0 Å². The van der Waals surface area contributed by atoms with Crippen molar-refractivity contribution in [1.82, 2.24) is 24.9 Å². The van der Waals surface area contributed by atoms with Crippen molar-refractivity contribution in [3.63, 3.8) is 0 Å². The Bertz CT molecular complexity index is 969. The molecule has 182 valence electrons. The average molecular weight is 464 g/mol.